The highest BCUT2D eigenvalue weighted by Gasteiger charge is 2.59. The normalized spacial score (nSPS) is 37.0. The van der Waals surface area contributed by atoms with Gasteiger partial charge in [-0.15, -0.1) is 0 Å². The maximum atomic E-state index is 14.6. The highest BCUT2D eigenvalue weighted by Crippen LogP contribution is 2.46. The molecular weight excluding hydrogens is 532 g/mol. The van der Waals surface area contributed by atoms with Crippen LogP contribution >= 0.6 is 0 Å². The Hall–Kier alpha value is -2.81. The number of carbonyl (C=O) groups excluding carboxylic acids is 2. The van der Waals surface area contributed by atoms with Gasteiger partial charge in [-0.2, -0.15) is 5.26 Å². The standard InChI is InChI=1S/C32H44N6O4/c1-4-27(39)38-17-16-37(19-23(38)12-14-33)30-25-11-13-32(21(2)18-22-8-5-6-10-26(22)42-32)29(40)28(25)34-31(35-30)41-20-24-9-7-15-36(24)3/h4-6,8,10,21,23-25,28,30-31,34-35H,1,7,9,11-13,15-20H2,2-3H3/t21?,23?,24?,25?,28?,30?,31?,32-/m1/s1. The van der Waals surface area contributed by atoms with Crippen LogP contribution in [0.1, 0.15) is 44.6 Å². The fourth-order valence-electron chi connectivity index (χ4n) is 8.00. The van der Waals surface area contributed by atoms with Crippen LogP contribution < -0.4 is 15.4 Å². The molecule has 10 heteroatoms. The molecular formula is C32H44N6O4. The van der Waals surface area contributed by atoms with Gasteiger partial charge in [0.05, 0.1) is 37.3 Å². The summed E-state index contributed by atoms with van der Waals surface area (Å²) >= 11 is 0. The third-order valence-corrected chi connectivity index (χ3v) is 10.4. The van der Waals surface area contributed by atoms with Crippen molar-refractivity contribution >= 4 is 11.7 Å². The van der Waals surface area contributed by atoms with Crippen molar-refractivity contribution in [3.63, 3.8) is 0 Å². The van der Waals surface area contributed by atoms with Crippen molar-refractivity contribution in [1.82, 2.24) is 25.3 Å². The van der Waals surface area contributed by atoms with Gasteiger partial charge in [0.1, 0.15) is 5.75 Å². The number of nitriles is 1. The van der Waals surface area contributed by atoms with Crippen LogP contribution in [0.3, 0.4) is 0 Å². The predicted octanol–water partition coefficient (Wildman–Crippen LogP) is 1.87. The van der Waals surface area contributed by atoms with Crippen LogP contribution in [0.2, 0.25) is 0 Å². The van der Waals surface area contributed by atoms with Gasteiger partial charge in [-0.1, -0.05) is 31.7 Å². The van der Waals surface area contributed by atoms with Gasteiger partial charge >= 0.3 is 0 Å². The quantitative estimate of drug-likeness (QED) is 0.491. The van der Waals surface area contributed by atoms with E-state index in [-0.39, 0.29) is 42.2 Å². The molecule has 0 radical (unpaired) electrons. The molecule has 42 heavy (non-hydrogen) atoms. The van der Waals surface area contributed by atoms with E-state index in [1.54, 1.807) is 4.90 Å². The summed E-state index contributed by atoms with van der Waals surface area (Å²) < 4.78 is 13.1. The minimum atomic E-state index is -0.876. The van der Waals surface area contributed by atoms with Gasteiger partial charge < -0.3 is 19.3 Å². The number of nitrogens with one attached hydrogen (secondary N) is 2. The molecule has 1 aromatic rings. The molecule has 0 bridgehead atoms. The van der Waals surface area contributed by atoms with Gasteiger partial charge in [0.15, 0.2) is 17.7 Å². The maximum absolute atomic E-state index is 14.6. The Morgan fingerprint density at radius 3 is 2.83 bits per heavy atom. The van der Waals surface area contributed by atoms with Crippen LogP contribution in [-0.2, 0) is 20.7 Å². The summed E-state index contributed by atoms with van der Waals surface area (Å²) in [5.41, 5.74) is 0.276. The van der Waals surface area contributed by atoms with Crippen molar-refractivity contribution in [2.24, 2.45) is 11.8 Å². The summed E-state index contributed by atoms with van der Waals surface area (Å²) in [6.07, 6.45) is 5.45. The van der Waals surface area contributed by atoms with E-state index in [9.17, 15) is 14.9 Å². The molecule has 1 amide bonds. The van der Waals surface area contributed by atoms with Crippen LogP contribution in [0, 0.1) is 23.2 Å². The first-order valence-corrected chi connectivity index (χ1v) is 15.5. The molecule has 10 nitrogen and oxygen atoms in total. The number of hydrogen-bond donors (Lipinski definition) is 2. The van der Waals surface area contributed by atoms with Gasteiger partial charge in [-0.25, -0.2) is 0 Å². The predicted molar refractivity (Wildman–Crippen MR) is 157 cm³/mol. The number of hydrogen-bond acceptors (Lipinski definition) is 9. The zero-order valence-corrected chi connectivity index (χ0v) is 24.8. The zero-order chi connectivity index (χ0) is 29.4. The largest absolute Gasteiger partial charge is 0.479 e. The molecule has 7 unspecified atom stereocenters. The smallest absolute Gasteiger partial charge is 0.246 e. The molecule has 1 aliphatic carbocycles. The summed E-state index contributed by atoms with van der Waals surface area (Å²) in [5.74, 6) is 0.817. The fraction of sp³-hybridized carbons (Fsp3) is 0.656. The minimum Gasteiger partial charge on any atom is -0.479 e. The Morgan fingerprint density at radius 1 is 1.24 bits per heavy atom. The van der Waals surface area contributed by atoms with E-state index in [2.05, 4.69) is 53.1 Å². The number of nitrogens with zero attached hydrogens (tertiary/aromatic N) is 4. The number of amides is 1. The lowest BCUT2D eigenvalue weighted by molar-refractivity contribution is -0.165. The highest BCUT2D eigenvalue weighted by molar-refractivity contribution is 5.94. The molecule has 5 aliphatic rings. The molecule has 4 aliphatic heterocycles. The number of likely N-dealkylation sites (tertiary alicyclic amines) is 1. The Labute approximate surface area is 249 Å². The van der Waals surface area contributed by atoms with E-state index in [0.29, 0.717) is 38.7 Å². The summed E-state index contributed by atoms with van der Waals surface area (Å²) in [6, 6.07) is 10.00. The second-order valence-corrected chi connectivity index (χ2v) is 12.8. The molecule has 4 fully saturated rings. The number of ether oxygens (including phenoxy) is 2. The number of carbonyl (C=O) groups is 2. The third-order valence-electron chi connectivity index (χ3n) is 10.4. The van der Waals surface area contributed by atoms with Gasteiger partial charge in [0, 0.05) is 37.5 Å². The first kappa shape index (κ1) is 29.3. The van der Waals surface area contributed by atoms with Crippen molar-refractivity contribution < 1.29 is 19.1 Å². The third kappa shape index (κ3) is 5.26. The number of fused-ring (bicyclic) bond motifs is 2. The van der Waals surface area contributed by atoms with Crippen molar-refractivity contribution in [3.8, 4) is 11.8 Å². The lowest BCUT2D eigenvalue weighted by atomic mass is 9.65. The summed E-state index contributed by atoms with van der Waals surface area (Å²) in [5, 5.41) is 16.8. The lowest BCUT2D eigenvalue weighted by Crippen LogP contribution is -2.76. The number of rotatable bonds is 6. The van der Waals surface area contributed by atoms with E-state index in [4.69, 9.17) is 9.47 Å². The number of para-hydroxylation sites is 1. The number of likely N-dealkylation sites (N-methyl/N-ethyl adjacent to an activating group) is 1. The number of benzene rings is 1. The Bertz CT molecular complexity index is 1240. The average Bonchev–Trinajstić information content (AvgIpc) is 3.42. The van der Waals surface area contributed by atoms with Crippen molar-refractivity contribution in [2.45, 2.75) is 81.7 Å². The zero-order valence-electron chi connectivity index (χ0n) is 24.8. The maximum Gasteiger partial charge on any atom is 0.246 e. The topological polar surface area (TPSA) is 110 Å². The number of piperazine rings is 1. The van der Waals surface area contributed by atoms with Crippen LogP contribution in [0.5, 0.6) is 5.75 Å². The molecule has 3 saturated heterocycles. The van der Waals surface area contributed by atoms with Crippen LogP contribution in [0.25, 0.3) is 0 Å². The van der Waals surface area contributed by atoms with Crippen molar-refractivity contribution in [2.75, 3.05) is 39.8 Å². The highest BCUT2D eigenvalue weighted by atomic mass is 16.5. The fourth-order valence-corrected chi connectivity index (χ4v) is 8.00. The molecule has 1 saturated carbocycles. The van der Waals surface area contributed by atoms with Crippen molar-refractivity contribution in [1.29, 1.82) is 5.26 Å². The summed E-state index contributed by atoms with van der Waals surface area (Å²) in [4.78, 5) is 33.5. The molecule has 8 atom stereocenters. The van der Waals surface area contributed by atoms with E-state index in [1.807, 2.05) is 18.2 Å². The van der Waals surface area contributed by atoms with Crippen LogP contribution in [0.15, 0.2) is 36.9 Å². The van der Waals surface area contributed by atoms with E-state index in [1.165, 1.54) is 6.08 Å². The second kappa shape index (κ2) is 12.1. The van der Waals surface area contributed by atoms with Gasteiger partial charge in [-0.3, -0.25) is 25.1 Å². The molecule has 2 N–H and O–H groups in total. The summed E-state index contributed by atoms with van der Waals surface area (Å²) in [6.45, 7) is 9.13. The molecule has 226 valence electrons. The Balaban J connectivity index is 1.26. The first-order chi connectivity index (χ1) is 20.3. The number of ketones is 1. The van der Waals surface area contributed by atoms with Gasteiger partial charge in [0.2, 0.25) is 5.91 Å². The molecule has 0 aromatic heterocycles. The molecule has 1 spiro atoms. The second-order valence-electron chi connectivity index (χ2n) is 12.8. The monoisotopic (exact) mass is 576 g/mol. The molecule has 1 aromatic carbocycles. The SMILES string of the molecule is C=CC(=O)N1CCN(C2NC(OCC3CCCN3C)NC3C(=O)[C@]4(CCC32)Oc2ccccc2CC4C)CC1CC#N. The van der Waals surface area contributed by atoms with E-state index >= 15 is 0 Å². The molecule has 6 rings (SSSR count). The Morgan fingerprint density at radius 2 is 2.07 bits per heavy atom. The van der Waals surface area contributed by atoms with Crippen LogP contribution in [-0.4, -0.2) is 102 Å². The first-order valence-electron chi connectivity index (χ1n) is 15.5. The summed E-state index contributed by atoms with van der Waals surface area (Å²) in [7, 11) is 2.13. The number of Topliss-reactive ketones (excluding diaryl/α,β-unsaturated/α-hetero) is 1. The van der Waals surface area contributed by atoms with Gasteiger partial charge in [0.25, 0.3) is 0 Å². The van der Waals surface area contributed by atoms with Gasteiger partial charge in [-0.05, 0) is 63.4 Å². The molecule has 4 heterocycles. The average molecular weight is 577 g/mol. The Kier molecular flexibility index (Phi) is 8.40. The van der Waals surface area contributed by atoms with Crippen molar-refractivity contribution in [3.05, 3.63) is 42.5 Å². The van der Waals surface area contributed by atoms with E-state index in [0.717, 1.165) is 43.5 Å². The minimum absolute atomic E-state index is 0.00510. The van der Waals surface area contributed by atoms with E-state index < -0.39 is 18.0 Å². The van der Waals surface area contributed by atoms with Crippen LogP contribution in [0.4, 0.5) is 0 Å². The lowest BCUT2D eigenvalue weighted by Gasteiger charge is -2.56.